The zero-order valence-corrected chi connectivity index (χ0v) is 14.8. The van der Waals surface area contributed by atoms with Gasteiger partial charge in [0.2, 0.25) is 0 Å². The minimum absolute atomic E-state index is 0.0958. The summed E-state index contributed by atoms with van der Waals surface area (Å²) in [6.45, 7) is 7.07. The van der Waals surface area contributed by atoms with Gasteiger partial charge in [-0.15, -0.1) is 0 Å². The third-order valence-corrected chi connectivity index (χ3v) is 4.86. The zero-order valence-electron chi connectivity index (χ0n) is 14.8. The van der Waals surface area contributed by atoms with Crippen molar-refractivity contribution in [2.75, 3.05) is 6.61 Å². The average Bonchev–Trinajstić information content (AvgIpc) is 2.93. The molecule has 1 aromatic carbocycles. The van der Waals surface area contributed by atoms with Crippen molar-refractivity contribution >= 4 is 22.7 Å². The van der Waals surface area contributed by atoms with Gasteiger partial charge in [0.1, 0.15) is 0 Å². The van der Waals surface area contributed by atoms with Gasteiger partial charge in [-0.05, 0) is 44.2 Å². The Bertz CT molecular complexity index is 816. The topological polar surface area (TPSA) is 48.3 Å². The minimum Gasteiger partial charge on any atom is -0.466 e. The van der Waals surface area contributed by atoms with Crippen LogP contribution >= 0.6 is 0 Å². The van der Waals surface area contributed by atoms with E-state index in [4.69, 9.17) is 4.74 Å². The van der Waals surface area contributed by atoms with Gasteiger partial charge >= 0.3 is 5.97 Å². The zero-order chi connectivity index (χ0) is 17.8. The van der Waals surface area contributed by atoms with Crippen molar-refractivity contribution in [3.63, 3.8) is 0 Å². The highest BCUT2D eigenvalue weighted by Gasteiger charge is 2.27. The van der Waals surface area contributed by atoms with E-state index in [1.165, 1.54) is 0 Å². The molecular weight excluding hydrogens is 314 g/mol. The van der Waals surface area contributed by atoms with Crippen molar-refractivity contribution in [2.45, 2.75) is 52.0 Å². The molecule has 1 aliphatic carbocycles. The smallest absolute Gasteiger partial charge is 0.305 e. The second kappa shape index (κ2) is 7.68. The number of ether oxygens (including phenoxy) is 1. The first-order chi connectivity index (χ1) is 12.1. The second-order valence-electron chi connectivity index (χ2n) is 6.54. The van der Waals surface area contributed by atoms with Crippen molar-refractivity contribution in [2.24, 2.45) is 0 Å². The van der Waals surface area contributed by atoms with E-state index in [1.54, 1.807) is 0 Å². The standard InChI is InChI=1S/C21H25NO3/c1-3-25-19(23)11-5-4-8-14-22-17-10-7-6-9-16(17)20-18(22)13-12-15(2)21(20)24/h6-7,9-10H,2-5,8,11-14H2,1H3. The predicted octanol–water partition coefficient (Wildman–Crippen LogP) is 4.45. The third-order valence-electron chi connectivity index (χ3n) is 4.86. The molecule has 25 heavy (non-hydrogen) atoms. The first-order valence-corrected chi connectivity index (χ1v) is 9.11. The van der Waals surface area contributed by atoms with Crippen molar-refractivity contribution < 1.29 is 14.3 Å². The van der Waals surface area contributed by atoms with Crippen LogP contribution in [-0.4, -0.2) is 22.9 Å². The fourth-order valence-electron chi connectivity index (χ4n) is 3.63. The van der Waals surface area contributed by atoms with Crippen molar-refractivity contribution in [1.82, 2.24) is 4.57 Å². The van der Waals surface area contributed by atoms with E-state index < -0.39 is 0 Å². The molecule has 0 saturated carbocycles. The van der Waals surface area contributed by atoms with Crippen LogP contribution in [0.5, 0.6) is 0 Å². The molecule has 0 amide bonds. The molecule has 1 aliphatic rings. The van der Waals surface area contributed by atoms with E-state index in [2.05, 4.69) is 17.2 Å². The molecule has 0 fully saturated rings. The normalized spacial score (nSPS) is 14.0. The lowest BCUT2D eigenvalue weighted by molar-refractivity contribution is -0.143. The SMILES string of the molecule is C=C1CCc2c(c3ccccc3n2CCCCCC(=O)OCC)C1=O. The van der Waals surface area contributed by atoms with E-state index in [9.17, 15) is 9.59 Å². The number of fused-ring (bicyclic) bond motifs is 3. The Balaban J connectivity index is 1.73. The van der Waals surface area contributed by atoms with E-state index in [0.717, 1.165) is 60.8 Å². The number of ketones is 1. The molecule has 2 aromatic rings. The van der Waals surface area contributed by atoms with Gasteiger partial charge in [0.25, 0.3) is 0 Å². The molecule has 0 N–H and O–H groups in total. The van der Waals surface area contributed by atoms with Crippen LogP contribution < -0.4 is 0 Å². The van der Waals surface area contributed by atoms with Crippen LogP contribution in [0.2, 0.25) is 0 Å². The molecule has 1 heterocycles. The summed E-state index contributed by atoms with van der Waals surface area (Å²) in [5, 5.41) is 1.04. The number of benzene rings is 1. The molecule has 0 bridgehead atoms. The van der Waals surface area contributed by atoms with Crippen LogP contribution in [0.4, 0.5) is 0 Å². The fraction of sp³-hybridized carbons (Fsp3) is 0.429. The summed E-state index contributed by atoms with van der Waals surface area (Å²) in [7, 11) is 0. The van der Waals surface area contributed by atoms with Crippen LogP contribution in [0.15, 0.2) is 36.4 Å². The molecule has 0 unspecified atom stereocenters. The second-order valence-corrected chi connectivity index (χ2v) is 6.54. The lowest BCUT2D eigenvalue weighted by Crippen LogP contribution is -2.15. The highest BCUT2D eigenvalue weighted by molar-refractivity contribution is 6.18. The summed E-state index contributed by atoms with van der Waals surface area (Å²) >= 11 is 0. The first kappa shape index (κ1) is 17.5. The number of aromatic nitrogens is 1. The number of unbranched alkanes of at least 4 members (excludes halogenated alkanes) is 2. The van der Waals surface area contributed by atoms with E-state index in [1.807, 2.05) is 25.1 Å². The molecule has 4 heteroatoms. The summed E-state index contributed by atoms with van der Waals surface area (Å²) in [6.07, 6.45) is 4.90. The van der Waals surface area contributed by atoms with Crippen LogP contribution in [0, 0.1) is 0 Å². The number of allylic oxidation sites excluding steroid dienone is 1. The van der Waals surface area contributed by atoms with Gasteiger partial charge in [0.05, 0.1) is 12.2 Å². The number of esters is 1. The maximum Gasteiger partial charge on any atom is 0.305 e. The third kappa shape index (κ3) is 3.53. The van der Waals surface area contributed by atoms with Gasteiger partial charge < -0.3 is 9.30 Å². The lowest BCUT2D eigenvalue weighted by Gasteiger charge is -2.17. The number of carbonyl (C=O) groups is 2. The number of Topliss-reactive ketones (excluding diaryl/α,β-unsaturated/α-hetero) is 1. The fourth-order valence-corrected chi connectivity index (χ4v) is 3.63. The number of hydrogen-bond donors (Lipinski definition) is 0. The van der Waals surface area contributed by atoms with Crippen LogP contribution in [0.1, 0.15) is 55.1 Å². The molecule has 0 radical (unpaired) electrons. The molecule has 4 nitrogen and oxygen atoms in total. The number of nitrogens with zero attached hydrogens (tertiary/aromatic N) is 1. The molecule has 0 saturated heterocycles. The number of rotatable bonds is 7. The van der Waals surface area contributed by atoms with Crippen LogP contribution in [0.25, 0.3) is 10.9 Å². The Hall–Kier alpha value is -2.36. The number of aryl methyl sites for hydroxylation is 1. The predicted molar refractivity (Wildman–Crippen MR) is 98.8 cm³/mol. The highest BCUT2D eigenvalue weighted by Crippen LogP contribution is 2.33. The quantitative estimate of drug-likeness (QED) is 0.425. The van der Waals surface area contributed by atoms with Gasteiger partial charge in [-0.2, -0.15) is 0 Å². The van der Waals surface area contributed by atoms with Crippen molar-refractivity contribution in [1.29, 1.82) is 0 Å². The lowest BCUT2D eigenvalue weighted by atomic mass is 9.91. The van der Waals surface area contributed by atoms with Gasteiger partial charge in [-0.3, -0.25) is 9.59 Å². The summed E-state index contributed by atoms with van der Waals surface area (Å²) in [4.78, 5) is 24.0. The van der Waals surface area contributed by atoms with E-state index >= 15 is 0 Å². The van der Waals surface area contributed by atoms with Crippen molar-refractivity contribution in [3.8, 4) is 0 Å². The Kier molecular flexibility index (Phi) is 5.37. The maximum absolute atomic E-state index is 12.6. The molecule has 0 atom stereocenters. The van der Waals surface area contributed by atoms with Crippen LogP contribution in [-0.2, 0) is 22.5 Å². The Labute approximate surface area is 148 Å². The molecular formula is C21H25NO3. The van der Waals surface area contributed by atoms with Gasteiger partial charge in [-0.1, -0.05) is 31.2 Å². The summed E-state index contributed by atoms with van der Waals surface area (Å²) in [5.74, 6) is -0.0195. The molecule has 1 aromatic heterocycles. The van der Waals surface area contributed by atoms with Gasteiger partial charge in [0.15, 0.2) is 5.78 Å². The van der Waals surface area contributed by atoms with Crippen LogP contribution in [0.3, 0.4) is 0 Å². The highest BCUT2D eigenvalue weighted by atomic mass is 16.5. The first-order valence-electron chi connectivity index (χ1n) is 9.11. The summed E-state index contributed by atoms with van der Waals surface area (Å²) in [5.41, 5.74) is 3.83. The largest absolute Gasteiger partial charge is 0.466 e. The molecule has 132 valence electrons. The average molecular weight is 339 g/mol. The van der Waals surface area contributed by atoms with E-state index in [0.29, 0.717) is 18.6 Å². The Morgan fingerprint density at radius 1 is 1.20 bits per heavy atom. The molecule has 3 rings (SSSR count). The monoisotopic (exact) mass is 339 g/mol. The van der Waals surface area contributed by atoms with Gasteiger partial charge in [-0.25, -0.2) is 0 Å². The minimum atomic E-state index is -0.115. The number of carbonyl (C=O) groups excluding carboxylic acids is 2. The summed E-state index contributed by atoms with van der Waals surface area (Å²) in [6, 6.07) is 8.12. The maximum atomic E-state index is 12.6. The Morgan fingerprint density at radius 2 is 2.00 bits per heavy atom. The molecule has 0 spiro atoms. The van der Waals surface area contributed by atoms with E-state index in [-0.39, 0.29) is 11.8 Å². The Morgan fingerprint density at radius 3 is 2.80 bits per heavy atom. The summed E-state index contributed by atoms with van der Waals surface area (Å²) < 4.78 is 7.25. The number of hydrogen-bond acceptors (Lipinski definition) is 3. The molecule has 0 aliphatic heterocycles. The number of para-hydroxylation sites is 1. The van der Waals surface area contributed by atoms with Gasteiger partial charge in [0, 0.05) is 29.6 Å². The van der Waals surface area contributed by atoms with Crippen molar-refractivity contribution in [3.05, 3.63) is 47.7 Å².